The van der Waals surface area contributed by atoms with Gasteiger partial charge in [-0.2, -0.15) is 0 Å². The highest BCUT2D eigenvalue weighted by Crippen LogP contribution is 2.44. The maximum Gasteiger partial charge on any atom is 0.275 e. The third-order valence-electron chi connectivity index (χ3n) is 4.45. The molecule has 132 valence electrons. The Morgan fingerprint density at radius 3 is 2.67 bits per heavy atom. The lowest BCUT2D eigenvalue weighted by Gasteiger charge is -2.34. The van der Waals surface area contributed by atoms with Crippen molar-refractivity contribution >= 4 is 11.7 Å². The molecular formula is C15H22N4O5. The van der Waals surface area contributed by atoms with Gasteiger partial charge < -0.3 is 30.0 Å². The minimum atomic E-state index is -0.754. The summed E-state index contributed by atoms with van der Waals surface area (Å²) in [5.74, 6) is -0.431. The second-order valence-electron chi connectivity index (χ2n) is 7.37. The largest absolute Gasteiger partial charge is 0.394 e. The van der Waals surface area contributed by atoms with Crippen molar-refractivity contribution in [3.8, 4) is 0 Å². The number of aliphatic hydroxyl groups excluding tert-OH is 1. The summed E-state index contributed by atoms with van der Waals surface area (Å²) in [4.78, 5) is 16.4. The first-order chi connectivity index (χ1) is 11.2. The molecule has 3 aliphatic rings. The summed E-state index contributed by atoms with van der Waals surface area (Å²) in [5.41, 5.74) is -0.303. The van der Waals surface area contributed by atoms with Crippen LogP contribution in [0.1, 0.15) is 44.4 Å². The fraction of sp³-hybridized carbons (Fsp3) is 0.733. The molecule has 1 amide bonds. The standard InChI is InChI=1S/C15H22N4O5/c1-14(2)17-11-8(12(21)18-14)16-6-19(11)13-10-9(7(5-20)22-13)23-15(3,4)24-10/h6-7,9-10,13,17,20H,5H2,1-4H3,(H,18,21)/t7-,9?,10+,13-/m1/s1. The molecular weight excluding hydrogens is 316 g/mol. The zero-order chi connectivity index (χ0) is 17.3. The molecule has 4 heterocycles. The van der Waals surface area contributed by atoms with Crippen molar-refractivity contribution in [2.45, 2.75) is 63.7 Å². The SMILES string of the molecule is CC1(C)NC(=O)c2ncn([C@@H]3O[C@H](CO)C4OC(C)(C)O[C@@H]43)c2N1. The molecule has 0 aliphatic carbocycles. The predicted molar refractivity (Wildman–Crippen MR) is 82.2 cm³/mol. The van der Waals surface area contributed by atoms with Gasteiger partial charge in [0.15, 0.2) is 17.7 Å². The van der Waals surface area contributed by atoms with Crippen molar-refractivity contribution in [1.29, 1.82) is 0 Å². The Hall–Kier alpha value is -1.68. The first-order valence-corrected chi connectivity index (χ1v) is 8.00. The molecule has 1 aromatic heterocycles. The minimum absolute atomic E-state index is 0.173. The molecule has 1 unspecified atom stereocenters. The number of fused-ring (bicyclic) bond motifs is 2. The van der Waals surface area contributed by atoms with Crippen LogP contribution in [0.2, 0.25) is 0 Å². The molecule has 2 saturated heterocycles. The first kappa shape index (κ1) is 15.8. The summed E-state index contributed by atoms with van der Waals surface area (Å²) >= 11 is 0. The maximum absolute atomic E-state index is 12.2. The van der Waals surface area contributed by atoms with Gasteiger partial charge in [-0.3, -0.25) is 9.36 Å². The number of imidazole rings is 1. The normalized spacial score (nSPS) is 36.0. The van der Waals surface area contributed by atoms with E-state index in [4.69, 9.17) is 14.2 Å². The average molecular weight is 338 g/mol. The molecule has 4 atom stereocenters. The number of hydrogen-bond acceptors (Lipinski definition) is 7. The number of anilines is 1. The van der Waals surface area contributed by atoms with E-state index in [0.717, 1.165) is 0 Å². The number of ether oxygens (including phenoxy) is 3. The highest BCUT2D eigenvalue weighted by atomic mass is 16.8. The Morgan fingerprint density at radius 2 is 1.96 bits per heavy atom. The molecule has 0 radical (unpaired) electrons. The van der Waals surface area contributed by atoms with Crippen LogP contribution in [0.15, 0.2) is 6.33 Å². The number of nitrogens with one attached hydrogen (secondary N) is 2. The van der Waals surface area contributed by atoms with Gasteiger partial charge in [-0.1, -0.05) is 0 Å². The van der Waals surface area contributed by atoms with Crippen LogP contribution in [-0.2, 0) is 14.2 Å². The molecule has 0 bridgehead atoms. The molecule has 0 spiro atoms. The Labute approximate surface area is 139 Å². The summed E-state index contributed by atoms with van der Waals surface area (Å²) in [5, 5.41) is 15.7. The third-order valence-corrected chi connectivity index (χ3v) is 4.45. The number of rotatable bonds is 2. The zero-order valence-corrected chi connectivity index (χ0v) is 14.1. The maximum atomic E-state index is 12.2. The number of nitrogens with zero attached hydrogens (tertiary/aromatic N) is 2. The van der Waals surface area contributed by atoms with E-state index >= 15 is 0 Å². The molecule has 4 rings (SSSR count). The van der Waals surface area contributed by atoms with Crippen LogP contribution in [0.5, 0.6) is 0 Å². The van der Waals surface area contributed by atoms with Crippen LogP contribution in [0.3, 0.4) is 0 Å². The van der Waals surface area contributed by atoms with E-state index in [1.807, 2.05) is 27.7 Å². The number of aromatic nitrogens is 2. The van der Waals surface area contributed by atoms with Gasteiger partial charge in [0.1, 0.15) is 29.8 Å². The van der Waals surface area contributed by atoms with Gasteiger partial charge in [-0.15, -0.1) is 0 Å². The van der Waals surface area contributed by atoms with Crippen LogP contribution in [0.4, 0.5) is 5.82 Å². The van der Waals surface area contributed by atoms with Gasteiger partial charge in [0.05, 0.1) is 12.9 Å². The molecule has 9 nitrogen and oxygen atoms in total. The van der Waals surface area contributed by atoms with Crippen LogP contribution >= 0.6 is 0 Å². The third kappa shape index (κ3) is 2.31. The van der Waals surface area contributed by atoms with Crippen LogP contribution < -0.4 is 10.6 Å². The monoisotopic (exact) mass is 338 g/mol. The van der Waals surface area contributed by atoms with E-state index < -0.39 is 29.9 Å². The van der Waals surface area contributed by atoms with E-state index in [9.17, 15) is 9.90 Å². The zero-order valence-electron chi connectivity index (χ0n) is 14.1. The number of carbonyl (C=O) groups excluding carboxylic acids is 1. The van der Waals surface area contributed by atoms with Gasteiger partial charge >= 0.3 is 0 Å². The highest BCUT2D eigenvalue weighted by molar-refractivity contribution is 5.99. The van der Waals surface area contributed by atoms with Crippen LogP contribution in [0, 0.1) is 0 Å². The van der Waals surface area contributed by atoms with E-state index in [-0.39, 0.29) is 18.6 Å². The van der Waals surface area contributed by atoms with Crippen molar-refractivity contribution in [1.82, 2.24) is 14.9 Å². The van der Waals surface area contributed by atoms with Gasteiger partial charge in [-0.05, 0) is 27.7 Å². The van der Waals surface area contributed by atoms with E-state index in [0.29, 0.717) is 11.5 Å². The Kier molecular flexibility index (Phi) is 3.24. The summed E-state index contributed by atoms with van der Waals surface area (Å²) < 4.78 is 19.5. The lowest BCUT2D eigenvalue weighted by Crippen LogP contribution is -2.53. The Balaban J connectivity index is 1.71. The van der Waals surface area contributed by atoms with E-state index in [2.05, 4.69) is 15.6 Å². The van der Waals surface area contributed by atoms with E-state index in [1.54, 1.807) is 10.9 Å². The predicted octanol–water partition coefficient (Wildman–Crippen LogP) is 0.184. The number of aliphatic hydroxyl groups is 1. The Bertz CT molecular complexity index is 685. The van der Waals surface area contributed by atoms with Gasteiger partial charge in [0.25, 0.3) is 5.91 Å². The Morgan fingerprint density at radius 1 is 1.25 bits per heavy atom. The minimum Gasteiger partial charge on any atom is -0.394 e. The second kappa shape index (κ2) is 4.92. The molecule has 0 aromatic carbocycles. The topological polar surface area (TPSA) is 107 Å². The molecule has 3 aliphatic heterocycles. The van der Waals surface area contributed by atoms with Gasteiger partial charge in [0.2, 0.25) is 0 Å². The van der Waals surface area contributed by atoms with Gasteiger partial charge in [-0.25, -0.2) is 4.98 Å². The second-order valence-corrected chi connectivity index (χ2v) is 7.37. The summed E-state index contributed by atoms with van der Waals surface area (Å²) in [6, 6.07) is 0. The molecule has 1 aromatic rings. The quantitative estimate of drug-likeness (QED) is 0.706. The molecule has 3 N–H and O–H groups in total. The molecule has 0 saturated carbocycles. The fourth-order valence-electron chi connectivity index (χ4n) is 3.54. The smallest absolute Gasteiger partial charge is 0.275 e. The molecule has 2 fully saturated rings. The van der Waals surface area contributed by atoms with Crippen molar-refractivity contribution in [3.05, 3.63) is 12.0 Å². The van der Waals surface area contributed by atoms with Crippen molar-refractivity contribution in [2.24, 2.45) is 0 Å². The first-order valence-electron chi connectivity index (χ1n) is 8.00. The summed E-state index contributed by atoms with van der Waals surface area (Å²) in [7, 11) is 0. The summed E-state index contributed by atoms with van der Waals surface area (Å²) in [6.45, 7) is 7.20. The fourth-order valence-corrected chi connectivity index (χ4v) is 3.54. The number of carbonyl (C=O) groups is 1. The highest BCUT2D eigenvalue weighted by Gasteiger charge is 2.56. The number of amides is 1. The van der Waals surface area contributed by atoms with Crippen LogP contribution in [0.25, 0.3) is 0 Å². The van der Waals surface area contributed by atoms with Crippen molar-refractivity contribution in [2.75, 3.05) is 11.9 Å². The lowest BCUT2D eigenvalue weighted by atomic mass is 10.1. The van der Waals surface area contributed by atoms with Crippen LogP contribution in [-0.4, -0.2) is 56.9 Å². The molecule has 24 heavy (non-hydrogen) atoms. The van der Waals surface area contributed by atoms with Gasteiger partial charge in [0, 0.05) is 0 Å². The van der Waals surface area contributed by atoms with Crippen molar-refractivity contribution in [3.63, 3.8) is 0 Å². The lowest BCUT2D eigenvalue weighted by molar-refractivity contribution is -0.199. The number of hydrogen-bond donors (Lipinski definition) is 3. The van der Waals surface area contributed by atoms with Crippen molar-refractivity contribution < 1.29 is 24.1 Å². The molecule has 9 heteroatoms. The summed E-state index contributed by atoms with van der Waals surface area (Å²) in [6.07, 6.45) is -0.261. The van der Waals surface area contributed by atoms with E-state index in [1.165, 1.54) is 0 Å². The average Bonchev–Trinajstić information content (AvgIpc) is 3.08.